The number of pyridine rings is 1. The minimum atomic E-state index is 0.0594. The Morgan fingerprint density at radius 1 is 1.33 bits per heavy atom. The average molecular weight is 309 g/mol. The molecule has 112 valence electrons. The van der Waals surface area contributed by atoms with E-state index < -0.39 is 0 Å². The second-order valence-electron chi connectivity index (χ2n) is 4.47. The third-order valence-corrected chi connectivity index (χ3v) is 2.63. The molecule has 0 aliphatic heterocycles. The molecule has 0 aliphatic carbocycles. The van der Waals surface area contributed by atoms with Crippen molar-refractivity contribution < 1.29 is 9.47 Å². The molecule has 2 heterocycles. The molecule has 0 radical (unpaired) electrons. The van der Waals surface area contributed by atoms with Crippen molar-refractivity contribution in [2.24, 2.45) is 0 Å². The molecule has 0 amide bonds. The lowest BCUT2D eigenvalue weighted by Gasteiger charge is -2.10. The highest BCUT2D eigenvalue weighted by molar-refractivity contribution is 6.31. The summed E-state index contributed by atoms with van der Waals surface area (Å²) in [6, 6.07) is 3.48. The summed E-state index contributed by atoms with van der Waals surface area (Å²) in [4.78, 5) is 12.4. The number of nitrogens with zero attached hydrogens (tertiary/aromatic N) is 3. The van der Waals surface area contributed by atoms with Gasteiger partial charge in [0.25, 0.3) is 0 Å². The van der Waals surface area contributed by atoms with Crippen LogP contribution in [0.5, 0.6) is 11.8 Å². The molecule has 0 saturated heterocycles. The van der Waals surface area contributed by atoms with Gasteiger partial charge in [-0.25, -0.2) is 4.98 Å². The molecule has 2 aromatic heterocycles. The van der Waals surface area contributed by atoms with E-state index in [1.807, 2.05) is 13.8 Å². The summed E-state index contributed by atoms with van der Waals surface area (Å²) in [5.41, 5.74) is 0. The number of hydrogen-bond donors (Lipinski definition) is 1. The molecule has 0 fully saturated rings. The van der Waals surface area contributed by atoms with Crippen molar-refractivity contribution in [1.29, 1.82) is 0 Å². The van der Waals surface area contributed by atoms with Gasteiger partial charge >= 0.3 is 0 Å². The number of rotatable bonds is 7. The van der Waals surface area contributed by atoms with Crippen LogP contribution in [0.25, 0.3) is 0 Å². The van der Waals surface area contributed by atoms with Gasteiger partial charge in [-0.1, -0.05) is 11.6 Å². The van der Waals surface area contributed by atoms with Crippen LogP contribution in [-0.4, -0.2) is 34.2 Å². The van der Waals surface area contributed by atoms with Gasteiger partial charge in [-0.2, -0.15) is 4.98 Å². The zero-order chi connectivity index (χ0) is 15.1. The number of nitrogens with one attached hydrogen (secondary N) is 1. The summed E-state index contributed by atoms with van der Waals surface area (Å²) < 4.78 is 10.9. The molecule has 1 N–H and O–H groups in total. The maximum Gasteiger partial charge on any atom is 0.234 e. The van der Waals surface area contributed by atoms with Crippen molar-refractivity contribution in [3.63, 3.8) is 0 Å². The predicted octanol–water partition coefficient (Wildman–Crippen LogP) is 2.80. The normalized spacial score (nSPS) is 10.5. The molecule has 2 aromatic rings. The van der Waals surface area contributed by atoms with Crippen LogP contribution in [0, 0.1) is 0 Å². The Morgan fingerprint density at radius 2 is 2.19 bits per heavy atom. The number of anilines is 1. The maximum absolute atomic E-state index is 5.94. The molecule has 21 heavy (non-hydrogen) atoms. The fraction of sp³-hybridized carbons (Fsp3) is 0.357. The molecular weight excluding hydrogens is 292 g/mol. The lowest BCUT2D eigenvalue weighted by Crippen LogP contribution is -2.14. The van der Waals surface area contributed by atoms with E-state index in [-0.39, 0.29) is 6.10 Å². The fourth-order valence-corrected chi connectivity index (χ4v) is 1.71. The first-order chi connectivity index (χ1) is 10.1. The summed E-state index contributed by atoms with van der Waals surface area (Å²) >= 11 is 5.94. The Labute approximate surface area is 128 Å². The van der Waals surface area contributed by atoms with Gasteiger partial charge in [0.2, 0.25) is 11.8 Å². The maximum atomic E-state index is 5.94. The highest BCUT2D eigenvalue weighted by Gasteiger charge is 2.03. The number of ether oxygens (including phenoxy) is 2. The van der Waals surface area contributed by atoms with Crippen LogP contribution in [0.15, 0.2) is 30.7 Å². The van der Waals surface area contributed by atoms with E-state index in [2.05, 4.69) is 20.3 Å². The summed E-state index contributed by atoms with van der Waals surface area (Å²) in [6.07, 6.45) is 4.90. The Bertz CT molecular complexity index is 580. The van der Waals surface area contributed by atoms with Crippen LogP contribution >= 0.6 is 11.6 Å². The summed E-state index contributed by atoms with van der Waals surface area (Å²) in [5.74, 6) is 1.54. The highest BCUT2D eigenvalue weighted by atomic mass is 35.5. The average Bonchev–Trinajstić information content (AvgIpc) is 2.45. The van der Waals surface area contributed by atoms with E-state index in [4.69, 9.17) is 21.1 Å². The van der Waals surface area contributed by atoms with Crippen molar-refractivity contribution in [3.8, 4) is 11.8 Å². The molecule has 0 atom stereocenters. The molecule has 2 rings (SSSR count). The molecule has 0 spiro atoms. The lowest BCUT2D eigenvalue weighted by atomic mass is 10.5. The monoisotopic (exact) mass is 308 g/mol. The van der Waals surface area contributed by atoms with Crippen LogP contribution in [0.2, 0.25) is 5.02 Å². The minimum Gasteiger partial charge on any atom is -0.475 e. The van der Waals surface area contributed by atoms with Crippen LogP contribution < -0.4 is 14.8 Å². The van der Waals surface area contributed by atoms with E-state index in [9.17, 15) is 0 Å². The van der Waals surface area contributed by atoms with Crippen molar-refractivity contribution in [1.82, 2.24) is 15.0 Å². The predicted molar refractivity (Wildman–Crippen MR) is 81.0 cm³/mol. The molecule has 0 saturated carbocycles. The van der Waals surface area contributed by atoms with Gasteiger partial charge in [0.1, 0.15) is 17.4 Å². The summed E-state index contributed by atoms with van der Waals surface area (Å²) in [6.45, 7) is 4.83. The second-order valence-corrected chi connectivity index (χ2v) is 4.88. The van der Waals surface area contributed by atoms with Crippen LogP contribution in [0.4, 0.5) is 5.82 Å². The molecule has 0 aromatic carbocycles. The third kappa shape index (κ3) is 5.07. The van der Waals surface area contributed by atoms with E-state index in [1.165, 1.54) is 0 Å². The molecule has 6 nitrogen and oxygen atoms in total. The fourth-order valence-electron chi connectivity index (χ4n) is 1.54. The van der Waals surface area contributed by atoms with Crippen LogP contribution in [0.1, 0.15) is 13.8 Å². The first-order valence-corrected chi connectivity index (χ1v) is 6.99. The van der Waals surface area contributed by atoms with Gasteiger partial charge in [-0.3, -0.25) is 4.98 Å². The van der Waals surface area contributed by atoms with Crippen molar-refractivity contribution in [3.05, 3.63) is 35.7 Å². The zero-order valence-electron chi connectivity index (χ0n) is 11.9. The highest BCUT2D eigenvalue weighted by Crippen LogP contribution is 2.19. The van der Waals surface area contributed by atoms with Crippen LogP contribution in [0.3, 0.4) is 0 Å². The molecule has 0 aliphatic rings. The Morgan fingerprint density at radius 3 is 2.95 bits per heavy atom. The largest absolute Gasteiger partial charge is 0.475 e. The van der Waals surface area contributed by atoms with E-state index in [1.54, 1.807) is 30.7 Å². The SMILES string of the molecule is CC(C)Oc1cncc(NCCOc2ncccc2Cl)n1. The number of aromatic nitrogens is 3. The quantitative estimate of drug-likeness (QED) is 0.793. The molecule has 0 unspecified atom stereocenters. The molecule has 7 heteroatoms. The van der Waals surface area contributed by atoms with Gasteiger partial charge in [0.15, 0.2) is 0 Å². The van der Waals surface area contributed by atoms with E-state index in [0.29, 0.717) is 35.8 Å². The van der Waals surface area contributed by atoms with Gasteiger partial charge in [0, 0.05) is 6.20 Å². The number of halogens is 1. The second kappa shape index (κ2) is 7.64. The molecular formula is C14H17ClN4O2. The van der Waals surface area contributed by atoms with Crippen molar-refractivity contribution >= 4 is 17.4 Å². The third-order valence-electron chi connectivity index (χ3n) is 2.34. The Kier molecular flexibility index (Phi) is 5.57. The number of hydrogen-bond acceptors (Lipinski definition) is 6. The standard InChI is InChI=1S/C14H17ClN4O2/c1-10(2)21-13-9-16-8-12(19-13)17-6-7-20-14-11(15)4-3-5-18-14/h3-5,8-10H,6-7H2,1-2H3,(H,17,19). The first kappa shape index (κ1) is 15.3. The van der Waals surface area contributed by atoms with E-state index >= 15 is 0 Å². The molecule has 0 bridgehead atoms. The Balaban J connectivity index is 1.80. The van der Waals surface area contributed by atoms with Crippen molar-refractivity contribution in [2.45, 2.75) is 20.0 Å². The van der Waals surface area contributed by atoms with E-state index in [0.717, 1.165) is 0 Å². The van der Waals surface area contributed by atoms with Gasteiger partial charge in [-0.05, 0) is 26.0 Å². The summed E-state index contributed by atoms with van der Waals surface area (Å²) in [7, 11) is 0. The smallest absolute Gasteiger partial charge is 0.234 e. The van der Waals surface area contributed by atoms with Gasteiger partial charge in [-0.15, -0.1) is 0 Å². The first-order valence-electron chi connectivity index (χ1n) is 6.61. The lowest BCUT2D eigenvalue weighted by molar-refractivity contribution is 0.232. The zero-order valence-corrected chi connectivity index (χ0v) is 12.7. The minimum absolute atomic E-state index is 0.0594. The topological polar surface area (TPSA) is 69.2 Å². The Hall–Kier alpha value is -2.08. The van der Waals surface area contributed by atoms with Crippen molar-refractivity contribution in [2.75, 3.05) is 18.5 Å². The van der Waals surface area contributed by atoms with Gasteiger partial charge < -0.3 is 14.8 Å². The van der Waals surface area contributed by atoms with Gasteiger partial charge in [0.05, 0.1) is 25.0 Å². The van der Waals surface area contributed by atoms with Crippen LogP contribution in [-0.2, 0) is 0 Å². The summed E-state index contributed by atoms with van der Waals surface area (Å²) in [5, 5.41) is 3.59.